The number of thioether (sulfide) groups is 1. The molecule has 0 unspecified atom stereocenters. The number of benzene rings is 3. The molecule has 1 aromatic heterocycles. The highest BCUT2D eigenvalue weighted by Gasteiger charge is 2.21. The van der Waals surface area contributed by atoms with Crippen molar-refractivity contribution in [1.29, 1.82) is 0 Å². The number of nitrogens with zero attached hydrogens (tertiary/aromatic N) is 4. The first kappa shape index (κ1) is 17.0. The van der Waals surface area contributed by atoms with E-state index in [0.717, 1.165) is 39.3 Å². The average molecular weight is 386 g/mol. The molecule has 0 N–H and O–H groups in total. The maximum Gasteiger partial charge on any atom is 0.212 e. The third-order valence-corrected chi connectivity index (χ3v) is 5.59. The van der Waals surface area contributed by atoms with Crippen LogP contribution in [0.25, 0.3) is 22.2 Å². The van der Waals surface area contributed by atoms with Crippen molar-refractivity contribution in [3.05, 3.63) is 72.3 Å². The summed E-state index contributed by atoms with van der Waals surface area (Å²) in [6.45, 7) is 2.60. The fourth-order valence-corrected chi connectivity index (χ4v) is 4.15. The summed E-state index contributed by atoms with van der Waals surface area (Å²) in [5.74, 6) is 2.32. The summed E-state index contributed by atoms with van der Waals surface area (Å²) in [6.07, 6.45) is 0. The molecule has 5 nitrogen and oxygen atoms in total. The average Bonchev–Trinajstić information content (AvgIpc) is 3.17. The van der Waals surface area contributed by atoms with Gasteiger partial charge >= 0.3 is 0 Å². The molecule has 0 spiro atoms. The van der Waals surface area contributed by atoms with E-state index in [4.69, 9.17) is 9.84 Å². The minimum absolute atomic E-state index is 0.626. The van der Waals surface area contributed by atoms with Crippen LogP contribution in [0.3, 0.4) is 0 Å². The van der Waals surface area contributed by atoms with E-state index in [2.05, 4.69) is 52.7 Å². The second-order valence-electron chi connectivity index (χ2n) is 6.48. The largest absolute Gasteiger partial charge is 0.494 e. The molecule has 1 aliphatic rings. The molecule has 0 bridgehead atoms. The van der Waals surface area contributed by atoms with Crippen molar-refractivity contribution in [2.75, 3.05) is 12.4 Å². The summed E-state index contributed by atoms with van der Waals surface area (Å²) in [5.41, 5.74) is 3.08. The van der Waals surface area contributed by atoms with Crippen molar-refractivity contribution in [1.82, 2.24) is 14.9 Å². The van der Waals surface area contributed by atoms with Crippen molar-refractivity contribution in [2.45, 2.75) is 12.1 Å². The van der Waals surface area contributed by atoms with Crippen LogP contribution in [0.2, 0.25) is 0 Å². The van der Waals surface area contributed by atoms with Gasteiger partial charge in [-0.2, -0.15) is 9.78 Å². The van der Waals surface area contributed by atoms with Gasteiger partial charge in [-0.25, -0.2) is 0 Å². The Hall–Kier alpha value is -3.12. The first-order chi connectivity index (χ1) is 13.8. The minimum Gasteiger partial charge on any atom is -0.494 e. The molecule has 6 heteroatoms. The van der Waals surface area contributed by atoms with E-state index in [0.29, 0.717) is 6.61 Å². The topological polar surface area (TPSA) is 52.3 Å². The molecule has 0 aliphatic carbocycles. The van der Waals surface area contributed by atoms with Gasteiger partial charge in [0.15, 0.2) is 5.82 Å². The standard InChI is InChI=1S/C22H18N4OS/c1-2-27-19-9-5-8-18(13-19)21-23-24-22-26(21)25-20(14-28-22)17-11-10-15-6-3-4-7-16(15)12-17/h3-13H,2,14H2,1H3. The van der Waals surface area contributed by atoms with Crippen LogP contribution in [0, 0.1) is 0 Å². The summed E-state index contributed by atoms with van der Waals surface area (Å²) in [6, 6.07) is 22.7. The molecule has 0 saturated heterocycles. The maximum absolute atomic E-state index is 5.62. The van der Waals surface area contributed by atoms with Crippen LogP contribution >= 0.6 is 11.8 Å². The SMILES string of the molecule is CCOc1cccc(-c2nnc3n2N=C(c2ccc4ccccc4c2)CS3)c1. The lowest BCUT2D eigenvalue weighted by Gasteiger charge is -2.14. The Morgan fingerprint density at radius 2 is 1.82 bits per heavy atom. The number of fused-ring (bicyclic) bond motifs is 2. The number of ether oxygens (including phenoxy) is 1. The molecule has 0 saturated carbocycles. The molecule has 28 heavy (non-hydrogen) atoms. The zero-order valence-corrected chi connectivity index (χ0v) is 16.2. The molecule has 0 amide bonds. The molecule has 138 valence electrons. The van der Waals surface area contributed by atoms with E-state index < -0.39 is 0 Å². The van der Waals surface area contributed by atoms with Crippen molar-refractivity contribution in [3.63, 3.8) is 0 Å². The third kappa shape index (κ3) is 3.05. The van der Waals surface area contributed by atoms with Crippen molar-refractivity contribution in [2.24, 2.45) is 5.10 Å². The Labute approximate surface area is 167 Å². The Kier molecular flexibility index (Phi) is 4.33. The molecule has 2 heterocycles. The minimum atomic E-state index is 0.626. The first-order valence-corrected chi connectivity index (χ1v) is 10.2. The number of hydrogen-bond donors (Lipinski definition) is 0. The van der Waals surface area contributed by atoms with Gasteiger partial charge in [-0.15, -0.1) is 10.2 Å². The number of hydrogen-bond acceptors (Lipinski definition) is 5. The number of aromatic nitrogens is 3. The zero-order chi connectivity index (χ0) is 18.9. The van der Waals surface area contributed by atoms with E-state index in [9.17, 15) is 0 Å². The first-order valence-electron chi connectivity index (χ1n) is 9.20. The number of rotatable bonds is 4. The van der Waals surface area contributed by atoms with Crippen LogP contribution in [-0.4, -0.2) is 32.9 Å². The predicted molar refractivity (Wildman–Crippen MR) is 113 cm³/mol. The second kappa shape index (κ2) is 7.13. The van der Waals surface area contributed by atoms with E-state index in [-0.39, 0.29) is 0 Å². The van der Waals surface area contributed by atoms with Gasteiger partial charge in [0.25, 0.3) is 0 Å². The zero-order valence-electron chi connectivity index (χ0n) is 15.4. The molecule has 1 aliphatic heterocycles. The van der Waals surface area contributed by atoms with Crippen LogP contribution in [0.4, 0.5) is 0 Å². The summed E-state index contributed by atoms with van der Waals surface area (Å²) in [7, 11) is 0. The van der Waals surface area contributed by atoms with Crippen LogP contribution < -0.4 is 4.74 Å². The molecule has 4 aromatic rings. The smallest absolute Gasteiger partial charge is 0.212 e. The Morgan fingerprint density at radius 3 is 2.71 bits per heavy atom. The van der Waals surface area contributed by atoms with Gasteiger partial charge in [-0.3, -0.25) is 0 Å². The van der Waals surface area contributed by atoms with E-state index in [1.54, 1.807) is 11.8 Å². The lowest BCUT2D eigenvalue weighted by Crippen LogP contribution is -2.13. The quantitative estimate of drug-likeness (QED) is 0.503. The molecular weight excluding hydrogens is 368 g/mol. The third-order valence-electron chi connectivity index (χ3n) is 4.66. The van der Waals surface area contributed by atoms with Crippen LogP contribution in [0.15, 0.2) is 77.0 Å². The van der Waals surface area contributed by atoms with Crippen molar-refractivity contribution in [3.8, 4) is 17.1 Å². The Morgan fingerprint density at radius 1 is 0.929 bits per heavy atom. The highest BCUT2D eigenvalue weighted by molar-refractivity contribution is 7.99. The van der Waals surface area contributed by atoms with Gasteiger partial charge in [0.2, 0.25) is 5.16 Å². The summed E-state index contributed by atoms with van der Waals surface area (Å²) >= 11 is 1.65. The lowest BCUT2D eigenvalue weighted by molar-refractivity contribution is 0.340. The second-order valence-corrected chi connectivity index (χ2v) is 7.42. The lowest BCUT2D eigenvalue weighted by atomic mass is 10.0. The molecule has 5 rings (SSSR count). The summed E-state index contributed by atoms with van der Waals surface area (Å²) in [4.78, 5) is 0. The van der Waals surface area contributed by atoms with Crippen LogP contribution in [0.5, 0.6) is 5.75 Å². The molecule has 0 radical (unpaired) electrons. The maximum atomic E-state index is 5.62. The van der Waals surface area contributed by atoms with E-state index >= 15 is 0 Å². The Balaban J connectivity index is 1.56. The van der Waals surface area contributed by atoms with Crippen molar-refractivity contribution < 1.29 is 4.74 Å². The fourth-order valence-electron chi connectivity index (χ4n) is 3.31. The van der Waals surface area contributed by atoms with Gasteiger partial charge in [0.05, 0.1) is 12.3 Å². The summed E-state index contributed by atoms with van der Waals surface area (Å²) in [5, 5.41) is 16.8. The van der Waals surface area contributed by atoms with Crippen molar-refractivity contribution >= 4 is 28.2 Å². The van der Waals surface area contributed by atoms with Crippen LogP contribution in [-0.2, 0) is 0 Å². The fraction of sp³-hybridized carbons (Fsp3) is 0.136. The van der Waals surface area contributed by atoms with Gasteiger partial charge < -0.3 is 4.74 Å². The van der Waals surface area contributed by atoms with E-state index in [1.165, 1.54) is 10.8 Å². The molecule has 3 aromatic carbocycles. The normalized spacial score (nSPS) is 13.2. The molecular formula is C22H18N4OS. The highest BCUT2D eigenvalue weighted by atomic mass is 32.2. The predicted octanol–water partition coefficient (Wildman–Crippen LogP) is 4.86. The van der Waals surface area contributed by atoms with Gasteiger partial charge in [0.1, 0.15) is 5.75 Å². The Bertz CT molecular complexity index is 1200. The van der Waals surface area contributed by atoms with Crippen LogP contribution in [0.1, 0.15) is 12.5 Å². The monoisotopic (exact) mass is 386 g/mol. The summed E-state index contributed by atoms with van der Waals surface area (Å²) < 4.78 is 7.46. The van der Waals surface area contributed by atoms with Gasteiger partial charge in [0, 0.05) is 11.3 Å². The van der Waals surface area contributed by atoms with Gasteiger partial charge in [-0.05, 0) is 41.5 Å². The van der Waals surface area contributed by atoms with Gasteiger partial charge in [-0.1, -0.05) is 60.3 Å². The molecule has 0 fully saturated rings. The highest BCUT2D eigenvalue weighted by Crippen LogP contribution is 2.30. The molecule has 0 atom stereocenters. The van der Waals surface area contributed by atoms with E-state index in [1.807, 2.05) is 35.9 Å².